The first-order valence-electron chi connectivity index (χ1n) is 10.1. The number of ether oxygens (including phenoxy) is 3. The van der Waals surface area contributed by atoms with Gasteiger partial charge in [-0.05, 0) is 46.0 Å². The van der Waals surface area contributed by atoms with E-state index in [0.717, 1.165) is 6.29 Å². The second-order valence-electron chi connectivity index (χ2n) is 9.01. The summed E-state index contributed by atoms with van der Waals surface area (Å²) < 4.78 is 16.0. The Hall–Kier alpha value is -1.67. The number of hydrogen-bond donors (Lipinski definition) is 1. The molecule has 0 aliphatic heterocycles. The molecule has 5 atom stereocenters. The van der Waals surface area contributed by atoms with Gasteiger partial charge in [0.05, 0.1) is 25.2 Å². The molecule has 0 radical (unpaired) electrons. The van der Waals surface area contributed by atoms with Crippen molar-refractivity contribution >= 4 is 18.3 Å². The molecule has 0 aromatic carbocycles. The van der Waals surface area contributed by atoms with Gasteiger partial charge in [-0.1, -0.05) is 6.92 Å². The Balaban J connectivity index is 3.30. The molecule has 1 aliphatic carbocycles. The molecule has 0 saturated heterocycles. The van der Waals surface area contributed by atoms with Gasteiger partial charge in [0.1, 0.15) is 11.9 Å². The number of aliphatic hydroxyl groups excluding tert-OH is 1. The quantitative estimate of drug-likeness (QED) is 0.480. The smallest absolute Gasteiger partial charge is 0.410 e. The SMILES string of the molecule is CCN(C[C@]1(C)CC[C@@H](O)[C@@H](C(=O)OC)C1[C@H](CC=O)OC)C(=O)OC(C)(C)C. The van der Waals surface area contributed by atoms with E-state index in [4.69, 9.17) is 14.2 Å². The highest BCUT2D eigenvalue weighted by Gasteiger charge is 2.54. The summed E-state index contributed by atoms with van der Waals surface area (Å²) in [5.41, 5.74) is -1.22. The molecule has 1 saturated carbocycles. The molecular weight excluding hydrogens is 378 g/mol. The molecule has 1 fully saturated rings. The van der Waals surface area contributed by atoms with Gasteiger partial charge in [-0.25, -0.2) is 4.79 Å². The number of aldehydes is 1. The van der Waals surface area contributed by atoms with E-state index in [1.807, 2.05) is 13.8 Å². The maximum Gasteiger partial charge on any atom is 0.410 e. The lowest BCUT2D eigenvalue weighted by Crippen LogP contribution is -2.57. The molecule has 29 heavy (non-hydrogen) atoms. The summed E-state index contributed by atoms with van der Waals surface area (Å²) in [4.78, 5) is 38.1. The second kappa shape index (κ2) is 10.4. The Labute approximate surface area is 173 Å². The molecule has 1 rings (SSSR count). The molecule has 1 unspecified atom stereocenters. The van der Waals surface area contributed by atoms with Crippen LogP contribution in [0.2, 0.25) is 0 Å². The fourth-order valence-corrected chi connectivity index (χ4v) is 4.35. The van der Waals surface area contributed by atoms with Crippen molar-refractivity contribution in [3.63, 3.8) is 0 Å². The molecule has 0 heterocycles. The lowest BCUT2D eigenvalue weighted by atomic mass is 9.59. The Morgan fingerprint density at radius 1 is 1.31 bits per heavy atom. The van der Waals surface area contributed by atoms with Gasteiger partial charge in [-0.3, -0.25) is 4.79 Å². The van der Waals surface area contributed by atoms with Crippen LogP contribution in [0.25, 0.3) is 0 Å². The van der Waals surface area contributed by atoms with E-state index >= 15 is 0 Å². The van der Waals surface area contributed by atoms with Crippen molar-refractivity contribution < 1.29 is 33.7 Å². The Kier molecular flexibility index (Phi) is 9.09. The van der Waals surface area contributed by atoms with Gasteiger partial charge >= 0.3 is 12.1 Å². The molecule has 1 N–H and O–H groups in total. The summed E-state index contributed by atoms with van der Waals surface area (Å²) >= 11 is 0. The van der Waals surface area contributed by atoms with Crippen molar-refractivity contribution in [2.75, 3.05) is 27.3 Å². The predicted octanol–water partition coefficient (Wildman–Crippen LogP) is 2.41. The van der Waals surface area contributed by atoms with Crippen LogP contribution in [0.3, 0.4) is 0 Å². The monoisotopic (exact) mass is 415 g/mol. The molecule has 8 nitrogen and oxygen atoms in total. The van der Waals surface area contributed by atoms with Gasteiger partial charge in [0, 0.05) is 32.5 Å². The van der Waals surface area contributed by atoms with Crippen molar-refractivity contribution in [2.24, 2.45) is 17.3 Å². The van der Waals surface area contributed by atoms with E-state index in [9.17, 15) is 19.5 Å². The minimum Gasteiger partial charge on any atom is -0.469 e. The van der Waals surface area contributed by atoms with Crippen LogP contribution in [0.4, 0.5) is 4.79 Å². The van der Waals surface area contributed by atoms with Crippen LogP contribution in [-0.2, 0) is 23.8 Å². The standard InChI is InChI=1S/C21H37NO7/c1-8-22(19(26)29-20(2,3)4)13-21(5)11-9-14(24)16(18(25)28-7)17(21)15(27-6)10-12-23/h12,14-17,24H,8-11,13H2,1-7H3/t14-,15+,16-,17?,21+/m1/s1. The molecule has 0 aromatic rings. The largest absolute Gasteiger partial charge is 0.469 e. The van der Waals surface area contributed by atoms with Crippen molar-refractivity contribution in [3.8, 4) is 0 Å². The lowest BCUT2D eigenvalue weighted by Gasteiger charge is -2.51. The van der Waals surface area contributed by atoms with Crippen LogP contribution in [0.15, 0.2) is 0 Å². The van der Waals surface area contributed by atoms with Crippen molar-refractivity contribution in [1.82, 2.24) is 4.90 Å². The number of nitrogens with zero attached hydrogens (tertiary/aromatic N) is 1. The van der Waals surface area contributed by atoms with Crippen LogP contribution in [-0.4, -0.2) is 73.5 Å². The summed E-state index contributed by atoms with van der Waals surface area (Å²) in [7, 11) is 2.76. The first kappa shape index (κ1) is 25.4. The Morgan fingerprint density at radius 2 is 1.93 bits per heavy atom. The molecule has 0 spiro atoms. The molecular formula is C21H37NO7. The predicted molar refractivity (Wildman–Crippen MR) is 107 cm³/mol. The van der Waals surface area contributed by atoms with Crippen molar-refractivity contribution in [3.05, 3.63) is 0 Å². The number of methoxy groups -OCH3 is 2. The van der Waals surface area contributed by atoms with E-state index < -0.39 is 47.1 Å². The van der Waals surface area contributed by atoms with Gasteiger partial charge in [0.2, 0.25) is 0 Å². The van der Waals surface area contributed by atoms with Crippen LogP contribution >= 0.6 is 0 Å². The van der Waals surface area contributed by atoms with Crippen LogP contribution in [0.1, 0.15) is 53.9 Å². The molecule has 0 bridgehead atoms. The number of aliphatic hydroxyl groups is 1. The summed E-state index contributed by atoms with van der Waals surface area (Å²) in [5, 5.41) is 10.6. The highest BCUT2D eigenvalue weighted by Crippen LogP contribution is 2.48. The second-order valence-corrected chi connectivity index (χ2v) is 9.01. The number of carbonyl (C=O) groups excluding carboxylic acids is 3. The van der Waals surface area contributed by atoms with Crippen molar-refractivity contribution in [2.45, 2.75) is 71.7 Å². The average Bonchev–Trinajstić information content (AvgIpc) is 2.64. The maximum atomic E-state index is 12.7. The number of rotatable bonds is 8. The van der Waals surface area contributed by atoms with E-state index in [-0.39, 0.29) is 6.42 Å². The molecule has 1 amide bonds. The highest BCUT2D eigenvalue weighted by atomic mass is 16.6. The first-order valence-corrected chi connectivity index (χ1v) is 10.1. The zero-order valence-corrected chi connectivity index (χ0v) is 18.8. The summed E-state index contributed by atoms with van der Waals surface area (Å²) in [6.45, 7) is 9.96. The fraction of sp³-hybridized carbons (Fsp3) is 0.857. The van der Waals surface area contributed by atoms with Crippen LogP contribution in [0.5, 0.6) is 0 Å². The van der Waals surface area contributed by atoms with Gasteiger partial charge < -0.3 is 29.0 Å². The summed E-state index contributed by atoms with van der Waals surface area (Å²) in [5.74, 6) is -1.90. The topological polar surface area (TPSA) is 102 Å². The zero-order chi connectivity index (χ0) is 22.4. The van der Waals surface area contributed by atoms with Crippen molar-refractivity contribution in [1.29, 1.82) is 0 Å². The zero-order valence-electron chi connectivity index (χ0n) is 18.8. The molecule has 8 heteroatoms. The van der Waals surface area contributed by atoms with Gasteiger partial charge in [0.15, 0.2) is 0 Å². The molecule has 1 aliphatic rings. The maximum absolute atomic E-state index is 12.7. The van der Waals surface area contributed by atoms with E-state index in [2.05, 4.69) is 0 Å². The Morgan fingerprint density at radius 3 is 2.38 bits per heavy atom. The minimum absolute atomic E-state index is 0.0789. The van der Waals surface area contributed by atoms with E-state index in [1.165, 1.54) is 14.2 Å². The van der Waals surface area contributed by atoms with E-state index in [1.54, 1.807) is 25.7 Å². The number of esters is 1. The number of carbonyl (C=O) groups is 3. The van der Waals surface area contributed by atoms with Crippen LogP contribution < -0.4 is 0 Å². The summed E-state index contributed by atoms with van der Waals surface area (Å²) in [6, 6.07) is 0. The van der Waals surface area contributed by atoms with Crippen LogP contribution in [0, 0.1) is 17.3 Å². The highest BCUT2D eigenvalue weighted by molar-refractivity contribution is 5.74. The van der Waals surface area contributed by atoms with Gasteiger partial charge in [0.25, 0.3) is 0 Å². The summed E-state index contributed by atoms with van der Waals surface area (Å²) in [6.07, 6.45) is -0.161. The third-order valence-electron chi connectivity index (χ3n) is 5.71. The van der Waals surface area contributed by atoms with E-state index in [0.29, 0.717) is 25.9 Å². The third kappa shape index (κ3) is 6.40. The minimum atomic E-state index is -0.901. The number of amides is 1. The normalized spacial score (nSPS) is 28.3. The Bertz CT molecular complexity index is 574. The lowest BCUT2D eigenvalue weighted by molar-refractivity contribution is -0.171. The molecule has 0 aromatic heterocycles. The molecule has 168 valence electrons. The average molecular weight is 416 g/mol. The first-order chi connectivity index (χ1) is 13.4. The van der Waals surface area contributed by atoms with Gasteiger partial charge in [-0.15, -0.1) is 0 Å². The third-order valence-corrected chi connectivity index (χ3v) is 5.71. The van der Waals surface area contributed by atoms with Gasteiger partial charge in [-0.2, -0.15) is 0 Å². The number of hydrogen-bond acceptors (Lipinski definition) is 7. The fourth-order valence-electron chi connectivity index (χ4n) is 4.35.